The standard InChI is InChI=1S/C23H38N2O4Si/c1-22(2,3)21(27)29-24-14-15-25(20(26)16-24)19(18-12-10-9-11-13-18)17-28-30(7,8)23(4,5)6/h9-13,19H,14-17H2,1-8H3/t19-/m0/s1. The third-order valence-corrected chi connectivity index (χ3v) is 10.5. The summed E-state index contributed by atoms with van der Waals surface area (Å²) < 4.78 is 6.49. The van der Waals surface area contributed by atoms with E-state index in [0.717, 1.165) is 5.56 Å². The molecule has 1 aromatic carbocycles. The molecule has 1 amide bonds. The first kappa shape index (κ1) is 24.6. The molecule has 1 saturated heterocycles. The molecule has 1 atom stereocenters. The van der Waals surface area contributed by atoms with E-state index in [4.69, 9.17) is 9.26 Å². The van der Waals surface area contributed by atoms with E-state index >= 15 is 0 Å². The first-order valence-electron chi connectivity index (χ1n) is 10.7. The van der Waals surface area contributed by atoms with Gasteiger partial charge in [0.1, 0.15) is 6.54 Å². The number of rotatable bonds is 6. The summed E-state index contributed by atoms with van der Waals surface area (Å²) in [5.74, 6) is -0.389. The number of benzene rings is 1. The molecule has 1 aliphatic rings. The van der Waals surface area contributed by atoms with Crippen LogP contribution in [0.4, 0.5) is 0 Å². The van der Waals surface area contributed by atoms with E-state index in [9.17, 15) is 9.59 Å². The number of hydrogen-bond acceptors (Lipinski definition) is 5. The zero-order chi connectivity index (χ0) is 22.7. The zero-order valence-electron chi connectivity index (χ0n) is 19.8. The average molecular weight is 435 g/mol. The molecule has 0 unspecified atom stereocenters. The highest BCUT2D eigenvalue weighted by Gasteiger charge is 2.40. The van der Waals surface area contributed by atoms with Gasteiger partial charge < -0.3 is 14.2 Å². The second-order valence-electron chi connectivity index (χ2n) is 10.6. The Balaban J connectivity index is 2.14. The molecule has 0 spiro atoms. The number of hydrogen-bond donors (Lipinski definition) is 0. The third-order valence-electron chi connectivity index (χ3n) is 6.02. The maximum absolute atomic E-state index is 13.0. The predicted octanol–water partition coefficient (Wildman–Crippen LogP) is 4.40. The summed E-state index contributed by atoms with van der Waals surface area (Å²) >= 11 is 0. The van der Waals surface area contributed by atoms with Crippen LogP contribution in [0, 0.1) is 5.41 Å². The number of amides is 1. The lowest BCUT2D eigenvalue weighted by Gasteiger charge is -2.42. The van der Waals surface area contributed by atoms with Crippen molar-refractivity contribution in [2.75, 3.05) is 26.2 Å². The minimum Gasteiger partial charge on any atom is -0.414 e. The van der Waals surface area contributed by atoms with Crippen molar-refractivity contribution in [1.82, 2.24) is 9.96 Å². The van der Waals surface area contributed by atoms with Crippen molar-refractivity contribution in [3.05, 3.63) is 35.9 Å². The third kappa shape index (κ3) is 6.15. The Labute approximate surface area is 182 Å². The van der Waals surface area contributed by atoms with Gasteiger partial charge in [-0.2, -0.15) is 0 Å². The maximum Gasteiger partial charge on any atom is 0.330 e. The SMILES string of the molecule is CC(C)(C)C(=O)ON1CCN([C@@H](CO[Si](C)(C)C(C)(C)C)c2ccccc2)C(=O)C1. The zero-order valence-corrected chi connectivity index (χ0v) is 20.8. The van der Waals surface area contributed by atoms with Crippen LogP contribution in [0.1, 0.15) is 53.1 Å². The van der Waals surface area contributed by atoms with Gasteiger partial charge in [0.25, 0.3) is 0 Å². The summed E-state index contributed by atoms with van der Waals surface area (Å²) in [7, 11) is -1.96. The fourth-order valence-corrected chi connectivity index (χ4v) is 3.88. The molecule has 1 aromatic rings. The molecule has 1 fully saturated rings. The van der Waals surface area contributed by atoms with Crippen LogP contribution < -0.4 is 0 Å². The molecular weight excluding hydrogens is 396 g/mol. The molecule has 7 heteroatoms. The summed E-state index contributed by atoms with van der Waals surface area (Å²) in [6, 6.07) is 9.87. The predicted molar refractivity (Wildman–Crippen MR) is 121 cm³/mol. The fraction of sp³-hybridized carbons (Fsp3) is 0.652. The van der Waals surface area contributed by atoms with Gasteiger partial charge in [-0.3, -0.25) is 4.79 Å². The largest absolute Gasteiger partial charge is 0.414 e. The van der Waals surface area contributed by atoms with E-state index in [1.165, 1.54) is 5.06 Å². The number of hydroxylamine groups is 2. The van der Waals surface area contributed by atoms with E-state index in [1.807, 2.05) is 35.2 Å². The molecule has 0 radical (unpaired) electrons. The molecule has 0 N–H and O–H groups in total. The van der Waals surface area contributed by atoms with Crippen molar-refractivity contribution >= 4 is 20.2 Å². The monoisotopic (exact) mass is 434 g/mol. The Hall–Kier alpha value is -1.70. The summed E-state index contributed by atoms with van der Waals surface area (Å²) in [6.07, 6.45) is 0. The molecule has 0 aliphatic carbocycles. The van der Waals surface area contributed by atoms with Gasteiger partial charge in [-0.25, -0.2) is 4.79 Å². The summed E-state index contributed by atoms with van der Waals surface area (Å²) in [5, 5.41) is 1.57. The van der Waals surface area contributed by atoms with Crippen molar-refractivity contribution in [3.8, 4) is 0 Å². The van der Waals surface area contributed by atoms with Crippen LogP contribution in [-0.4, -0.2) is 56.4 Å². The van der Waals surface area contributed by atoms with Crippen molar-refractivity contribution in [1.29, 1.82) is 0 Å². The van der Waals surface area contributed by atoms with E-state index in [0.29, 0.717) is 19.7 Å². The molecule has 1 aliphatic heterocycles. The molecule has 30 heavy (non-hydrogen) atoms. The highest BCUT2D eigenvalue weighted by atomic mass is 28.4. The summed E-state index contributed by atoms with van der Waals surface area (Å²) in [5.41, 5.74) is 0.453. The first-order chi connectivity index (χ1) is 13.7. The Morgan fingerprint density at radius 3 is 2.17 bits per heavy atom. The van der Waals surface area contributed by atoms with Crippen molar-refractivity contribution in [3.63, 3.8) is 0 Å². The van der Waals surface area contributed by atoms with Crippen molar-refractivity contribution in [2.45, 2.75) is 65.7 Å². The van der Waals surface area contributed by atoms with Crippen LogP contribution in [0.2, 0.25) is 18.1 Å². The molecule has 168 valence electrons. The Kier molecular flexibility index (Phi) is 7.53. The number of carbonyl (C=O) groups excluding carboxylic acids is 2. The molecule has 1 heterocycles. The second-order valence-corrected chi connectivity index (χ2v) is 15.4. The highest BCUT2D eigenvalue weighted by molar-refractivity contribution is 6.74. The smallest absolute Gasteiger partial charge is 0.330 e. The Morgan fingerprint density at radius 2 is 1.67 bits per heavy atom. The molecule has 2 rings (SSSR count). The molecular formula is C23H38N2O4Si. The molecule has 0 saturated carbocycles. The number of carbonyl (C=O) groups is 2. The normalized spacial score (nSPS) is 17.7. The van der Waals surface area contributed by atoms with Crippen LogP contribution in [0.15, 0.2) is 30.3 Å². The quantitative estimate of drug-likeness (QED) is 0.621. The van der Waals surface area contributed by atoms with Gasteiger partial charge >= 0.3 is 5.97 Å². The minimum absolute atomic E-state index is 0.0596. The van der Waals surface area contributed by atoms with Gasteiger partial charge in [-0.15, -0.1) is 5.06 Å². The van der Waals surface area contributed by atoms with E-state index in [-0.39, 0.29) is 29.5 Å². The lowest BCUT2D eigenvalue weighted by Crippen LogP contribution is -2.53. The van der Waals surface area contributed by atoms with Gasteiger partial charge in [-0.05, 0) is 44.5 Å². The first-order valence-corrected chi connectivity index (χ1v) is 13.6. The van der Waals surface area contributed by atoms with Gasteiger partial charge in [0.05, 0.1) is 24.6 Å². The average Bonchev–Trinajstić information content (AvgIpc) is 2.62. The highest BCUT2D eigenvalue weighted by Crippen LogP contribution is 2.37. The van der Waals surface area contributed by atoms with Crippen LogP contribution in [-0.2, 0) is 18.9 Å². The van der Waals surface area contributed by atoms with Crippen LogP contribution in [0.25, 0.3) is 0 Å². The Bertz CT molecular complexity index is 738. The van der Waals surface area contributed by atoms with Gasteiger partial charge in [-0.1, -0.05) is 51.1 Å². The lowest BCUT2D eigenvalue weighted by atomic mass is 9.98. The van der Waals surface area contributed by atoms with Crippen molar-refractivity contribution < 1.29 is 18.9 Å². The summed E-state index contributed by atoms with van der Waals surface area (Å²) in [4.78, 5) is 32.5. The maximum atomic E-state index is 13.0. The fourth-order valence-electron chi connectivity index (χ4n) is 2.87. The van der Waals surface area contributed by atoms with E-state index < -0.39 is 13.7 Å². The van der Waals surface area contributed by atoms with Gasteiger partial charge in [0.15, 0.2) is 8.32 Å². The second kappa shape index (κ2) is 9.20. The van der Waals surface area contributed by atoms with Crippen molar-refractivity contribution in [2.24, 2.45) is 5.41 Å². The molecule has 0 bridgehead atoms. The van der Waals surface area contributed by atoms with E-state index in [1.54, 1.807) is 20.8 Å². The number of piperazine rings is 1. The van der Waals surface area contributed by atoms with Gasteiger partial charge in [0, 0.05) is 6.54 Å². The lowest BCUT2D eigenvalue weighted by molar-refractivity contribution is -0.209. The number of nitrogens with zero attached hydrogens (tertiary/aromatic N) is 2. The van der Waals surface area contributed by atoms with E-state index in [2.05, 4.69) is 33.9 Å². The topological polar surface area (TPSA) is 59.1 Å². The van der Waals surface area contributed by atoms with Gasteiger partial charge in [0.2, 0.25) is 5.91 Å². The Morgan fingerprint density at radius 1 is 1.07 bits per heavy atom. The van der Waals surface area contributed by atoms with Crippen LogP contribution in [0.5, 0.6) is 0 Å². The minimum atomic E-state index is -1.96. The summed E-state index contributed by atoms with van der Waals surface area (Å²) in [6.45, 7) is 18.0. The molecule has 6 nitrogen and oxygen atoms in total. The molecule has 0 aromatic heterocycles. The van der Waals surface area contributed by atoms with Crippen LogP contribution >= 0.6 is 0 Å². The van der Waals surface area contributed by atoms with Crippen LogP contribution in [0.3, 0.4) is 0 Å².